The molecule has 1 N–H and O–H groups in total. The summed E-state index contributed by atoms with van der Waals surface area (Å²) in [6, 6.07) is 16.7. The monoisotopic (exact) mass is 447 g/mol. The van der Waals surface area contributed by atoms with Crippen LogP contribution < -0.4 is 14.8 Å². The molecule has 0 saturated carbocycles. The van der Waals surface area contributed by atoms with E-state index < -0.39 is 17.9 Å². The Labute approximate surface area is 186 Å². The zero-order valence-electron chi connectivity index (χ0n) is 16.7. The molecule has 0 saturated heterocycles. The molecular formula is C22H17N5O4S. The van der Waals surface area contributed by atoms with Crippen LogP contribution in [-0.4, -0.2) is 50.0 Å². The standard InChI is InChI=1S/C22H17N5O4S/c28-19(26-21(29)18-11-30-16-8-4-5-9-17(16)31-18)12-32-22-15-10-25-27(20(15)23-13-24-22)14-6-2-1-3-7-14/h1-10,13,18H,11-12H2,(H,26,28,29). The number of benzene rings is 2. The average molecular weight is 447 g/mol. The van der Waals surface area contributed by atoms with Crippen molar-refractivity contribution in [2.24, 2.45) is 0 Å². The van der Waals surface area contributed by atoms with Crippen molar-refractivity contribution in [1.82, 2.24) is 25.1 Å². The molecule has 2 amide bonds. The number of ether oxygens (including phenoxy) is 2. The Hall–Kier alpha value is -3.92. The fraction of sp³-hybridized carbons (Fsp3) is 0.136. The highest BCUT2D eigenvalue weighted by molar-refractivity contribution is 8.00. The number of hydrogen-bond acceptors (Lipinski definition) is 8. The minimum absolute atomic E-state index is 0.00145. The minimum Gasteiger partial charge on any atom is -0.485 e. The molecule has 0 radical (unpaired) electrons. The summed E-state index contributed by atoms with van der Waals surface area (Å²) in [4.78, 5) is 33.4. The summed E-state index contributed by atoms with van der Waals surface area (Å²) in [5.41, 5.74) is 1.51. The van der Waals surface area contributed by atoms with E-state index in [1.807, 2.05) is 36.4 Å². The highest BCUT2D eigenvalue weighted by Gasteiger charge is 2.28. The Balaban J connectivity index is 1.23. The number of fused-ring (bicyclic) bond motifs is 2. The van der Waals surface area contributed by atoms with Crippen molar-refractivity contribution in [2.75, 3.05) is 12.4 Å². The van der Waals surface area contributed by atoms with E-state index >= 15 is 0 Å². The maximum Gasteiger partial charge on any atom is 0.271 e. The third-order valence-electron chi connectivity index (χ3n) is 4.73. The molecule has 1 unspecified atom stereocenters. The van der Waals surface area contributed by atoms with Crippen LogP contribution in [0.5, 0.6) is 11.5 Å². The number of nitrogens with zero attached hydrogens (tertiary/aromatic N) is 4. The van der Waals surface area contributed by atoms with Crippen molar-refractivity contribution in [3.05, 3.63) is 67.1 Å². The Morgan fingerprint density at radius 1 is 1.06 bits per heavy atom. The molecule has 2 aromatic heterocycles. The fourth-order valence-corrected chi connectivity index (χ4v) is 3.99. The van der Waals surface area contributed by atoms with E-state index in [0.717, 1.165) is 11.1 Å². The first kappa shape index (κ1) is 20.0. The van der Waals surface area contributed by atoms with Crippen LogP contribution in [0.1, 0.15) is 0 Å². The van der Waals surface area contributed by atoms with Crippen LogP contribution >= 0.6 is 11.8 Å². The Morgan fingerprint density at radius 2 is 1.84 bits per heavy atom. The molecule has 1 atom stereocenters. The van der Waals surface area contributed by atoms with Gasteiger partial charge in [-0.1, -0.05) is 42.1 Å². The Kier molecular flexibility index (Phi) is 5.42. The molecule has 32 heavy (non-hydrogen) atoms. The highest BCUT2D eigenvalue weighted by atomic mass is 32.2. The van der Waals surface area contributed by atoms with Gasteiger partial charge in [-0.15, -0.1) is 0 Å². The lowest BCUT2D eigenvalue weighted by Crippen LogP contribution is -2.46. The summed E-state index contributed by atoms with van der Waals surface area (Å²) in [5, 5.41) is 8.08. The Bertz CT molecular complexity index is 1290. The predicted octanol–water partition coefficient (Wildman–Crippen LogP) is 2.39. The number of imide groups is 1. The molecule has 160 valence electrons. The molecule has 9 nitrogen and oxygen atoms in total. The molecule has 5 rings (SSSR count). The quantitative estimate of drug-likeness (QED) is 0.367. The maximum atomic E-state index is 12.4. The van der Waals surface area contributed by atoms with E-state index in [-0.39, 0.29) is 12.4 Å². The molecule has 0 fully saturated rings. The van der Waals surface area contributed by atoms with E-state index in [4.69, 9.17) is 9.47 Å². The number of rotatable bonds is 5. The first-order chi connectivity index (χ1) is 15.7. The number of aromatic nitrogens is 4. The van der Waals surface area contributed by atoms with Crippen LogP contribution in [0, 0.1) is 0 Å². The van der Waals surface area contributed by atoms with Crippen LogP contribution in [0.3, 0.4) is 0 Å². The number of nitrogens with one attached hydrogen (secondary N) is 1. The molecule has 10 heteroatoms. The summed E-state index contributed by atoms with van der Waals surface area (Å²) >= 11 is 1.20. The van der Waals surface area contributed by atoms with Gasteiger partial charge in [0.05, 0.1) is 23.0 Å². The summed E-state index contributed by atoms with van der Waals surface area (Å²) in [6.07, 6.45) is 2.20. The van der Waals surface area contributed by atoms with Crippen LogP contribution in [-0.2, 0) is 9.59 Å². The van der Waals surface area contributed by atoms with Crippen molar-refractivity contribution in [1.29, 1.82) is 0 Å². The van der Waals surface area contributed by atoms with Crippen molar-refractivity contribution < 1.29 is 19.1 Å². The van der Waals surface area contributed by atoms with Gasteiger partial charge in [0.15, 0.2) is 17.1 Å². The van der Waals surface area contributed by atoms with E-state index in [9.17, 15) is 9.59 Å². The summed E-state index contributed by atoms with van der Waals surface area (Å²) in [6.45, 7) is 0.0362. The predicted molar refractivity (Wildman–Crippen MR) is 117 cm³/mol. The second kappa shape index (κ2) is 8.67. The van der Waals surface area contributed by atoms with Crippen molar-refractivity contribution in [3.8, 4) is 17.2 Å². The maximum absolute atomic E-state index is 12.4. The molecule has 4 aromatic rings. The third kappa shape index (κ3) is 4.00. The average Bonchev–Trinajstić information content (AvgIpc) is 3.28. The van der Waals surface area contributed by atoms with E-state index in [0.29, 0.717) is 22.2 Å². The smallest absolute Gasteiger partial charge is 0.271 e. The lowest BCUT2D eigenvalue weighted by atomic mass is 10.2. The Morgan fingerprint density at radius 3 is 2.69 bits per heavy atom. The highest BCUT2D eigenvalue weighted by Crippen LogP contribution is 2.31. The third-order valence-corrected chi connectivity index (χ3v) is 5.74. The number of carbonyl (C=O) groups is 2. The van der Waals surface area contributed by atoms with Gasteiger partial charge in [0.25, 0.3) is 5.91 Å². The molecule has 1 aliphatic rings. The summed E-state index contributed by atoms with van der Waals surface area (Å²) in [7, 11) is 0. The normalized spacial score (nSPS) is 14.8. The van der Waals surface area contributed by atoms with Crippen molar-refractivity contribution in [2.45, 2.75) is 11.1 Å². The lowest BCUT2D eigenvalue weighted by molar-refractivity contribution is -0.135. The zero-order chi connectivity index (χ0) is 21.9. The molecule has 1 aliphatic heterocycles. The van der Waals surface area contributed by atoms with Crippen LogP contribution in [0.15, 0.2) is 72.1 Å². The number of thioether (sulfide) groups is 1. The van der Waals surface area contributed by atoms with Gasteiger partial charge >= 0.3 is 0 Å². The van der Waals surface area contributed by atoms with Gasteiger partial charge in [-0.2, -0.15) is 5.10 Å². The fourth-order valence-electron chi connectivity index (χ4n) is 3.23. The molecule has 2 aromatic carbocycles. The lowest BCUT2D eigenvalue weighted by Gasteiger charge is -2.25. The van der Waals surface area contributed by atoms with Gasteiger partial charge in [-0.3, -0.25) is 14.9 Å². The number of amides is 2. The van der Waals surface area contributed by atoms with E-state index in [1.165, 1.54) is 18.1 Å². The van der Waals surface area contributed by atoms with E-state index in [1.54, 1.807) is 29.1 Å². The molecule has 0 bridgehead atoms. The second-order valence-electron chi connectivity index (χ2n) is 6.87. The number of carbonyl (C=O) groups excluding carboxylic acids is 2. The largest absolute Gasteiger partial charge is 0.485 e. The minimum atomic E-state index is -0.895. The van der Waals surface area contributed by atoms with Crippen molar-refractivity contribution in [3.63, 3.8) is 0 Å². The van der Waals surface area contributed by atoms with E-state index in [2.05, 4.69) is 20.4 Å². The SMILES string of the molecule is O=C(CSc1ncnc2c1cnn2-c1ccccc1)NC(=O)C1COc2ccccc2O1. The van der Waals surface area contributed by atoms with Crippen LogP contribution in [0.4, 0.5) is 0 Å². The zero-order valence-corrected chi connectivity index (χ0v) is 17.5. The van der Waals surface area contributed by atoms with Crippen LogP contribution in [0.2, 0.25) is 0 Å². The summed E-state index contributed by atoms with van der Waals surface area (Å²) in [5.74, 6) is 0.0414. The topological polar surface area (TPSA) is 108 Å². The molecular weight excluding hydrogens is 430 g/mol. The van der Waals surface area contributed by atoms with Gasteiger partial charge in [0, 0.05) is 0 Å². The molecule has 3 heterocycles. The number of hydrogen-bond donors (Lipinski definition) is 1. The van der Waals surface area contributed by atoms with Gasteiger partial charge in [0.1, 0.15) is 18.0 Å². The first-order valence-electron chi connectivity index (χ1n) is 9.78. The van der Waals surface area contributed by atoms with Crippen molar-refractivity contribution >= 4 is 34.6 Å². The van der Waals surface area contributed by atoms with Gasteiger partial charge < -0.3 is 9.47 Å². The number of para-hydroxylation sites is 3. The van der Waals surface area contributed by atoms with Gasteiger partial charge in [-0.05, 0) is 24.3 Å². The van der Waals surface area contributed by atoms with Gasteiger partial charge in [0.2, 0.25) is 12.0 Å². The van der Waals surface area contributed by atoms with Gasteiger partial charge in [-0.25, -0.2) is 14.6 Å². The molecule has 0 spiro atoms. The molecule has 0 aliphatic carbocycles. The van der Waals surface area contributed by atoms with Crippen LogP contribution in [0.25, 0.3) is 16.7 Å². The summed E-state index contributed by atoms with van der Waals surface area (Å²) < 4.78 is 12.9. The second-order valence-corrected chi connectivity index (χ2v) is 7.84. The first-order valence-corrected chi connectivity index (χ1v) is 10.8.